The molecule has 1 fully saturated rings. The van der Waals surface area contributed by atoms with Crippen molar-refractivity contribution in [2.45, 2.75) is 56.8 Å². The molecule has 2 aliphatic heterocycles. The zero-order valence-corrected chi connectivity index (χ0v) is 12.9. The molecule has 1 aromatic carbocycles. The molecule has 2 N–H and O–H groups in total. The fraction of sp³-hybridized carbons (Fsp3) is 0.647. The zero-order chi connectivity index (χ0) is 14.9. The van der Waals surface area contributed by atoms with Crippen LogP contribution in [0.15, 0.2) is 18.2 Å². The van der Waals surface area contributed by atoms with Crippen LogP contribution in [-0.4, -0.2) is 25.4 Å². The summed E-state index contributed by atoms with van der Waals surface area (Å²) in [5, 5.41) is 0. The van der Waals surface area contributed by atoms with E-state index in [1.807, 2.05) is 18.2 Å². The van der Waals surface area contributed by atoms with Crippen molar-refractivity contribution in [2.75, 3.05) is 13.7 Å². The molecule has 0 saturated carbocycles. The molecule has 0 aromatic heterocycles. The largest absolute Gasteiger partial charge is 0.497 e. The molecule has 1 saturated heterocycles. The Labute approximate surface area is 126 Å². The van der Waals surface area contributed by atoms with Crippen LogP contribution < -0.4 is 15.2 Å². The Balaban J connectivity index is 1.85. The van der Waals surface area contributed by atoms with Gasteiger partial charge in [0.2, 0.25) is 0 Å². The molecule has 0 aliphatic carbocycles. The van der Waals surface area contributed by atoms with Crippen molar-refractivity contribution >= 4 is 0 Å². The molecule has 116 valence electrons. The quantitative estimate of drug-likeness (QED) is 0.929. The number of nitrogens with two attached hydrogens (primary N) is 1. The highest BCUT2D eigenvalue weighted by molar-refractivity contribution is 5.44. The predicted octanol–water partition coefficient (Wildman–Crippen LogP) is 3.20. The average Bonchev–Trinajstić information content (AvgIpc) is 2.47. The number of rotatable bonds is 3. The first-order valence-electron chi connectivity index (χ1n) is 7.90. The van der Waals surface area contributed by atoms with Gasteiger partial charge in [0, 0.05) is 36.9 Å². The van der Waals surface area contributed by atoms with Crippen molar-refractivity contribution in [1.29, 1.82) is 0 Å². The molecule has 4 nitrogen and oxygen atoms in total. The first-order chi connectivity index (χ1) is 10.2. The van der Waals surface area contributed by atoms with Gasteiger partial charge in [0.05, 0.1) is 19.8 Å². The Morgan fingerprint density at radius 3 is 3.00 bits per heavy atom. The summed E-state index contributed by atoms with van der Waals surface area (Å²) >= 11 is 0. The van der Waals surface area contributed by atoms with Crippen LogP contribution in [0.3, 0.4) is 0 Å². The topological polar surface area (TPSA) is 53.7 Å². The van der Waals surface area contributed by atoms with Gasteiger partial charge in [-0.2, -0.15) is 0 Å². The van der Waals surface area contributed by atoms with Crippen molar-refractivity contribution in [1.82, 2.24) is 0 Å². The van der Waals surface area contributed by atoms with E-state index in [4.69, 9.17) is 19.9 Å². The molecule has 1 aromatic rings. The number of hydrogen-bond donors (Lipinski definition) is 1. The molecule has 2 aliphatic rings. The van der Waals surface area contributed by atoms with Gasteiger partial charge in [0.25, 0.3) is 0 Å². The summed E-state index contributed by atoms with van der Waals surface area (Å²) in [5.41, 5.74) is 7.31. The summed E-state index contributed by atoms with van der Waals surface area (Å²) in [6.45, 7) is 2.95. The molecule has 1 spiro atoms. The molecule has 21 heavy (non-hydrogen) atoms. The fourth-order valence-electron chi connectivity index (χ4n) is 3.60. The lowest BCUT2D eigenvalue weighted by Crippen LogP contribution is -2.49. The number of fused-ring (bicyclic) bond motifs is 1. The molecule has 3 rings (SSSR count). The van der Waals surface area contributed by atoms with Gasteiger partial charge in [0.1, 0.15) is 17.1 Å². The summed E-state index contributed by atoms with van der Waals surface area (Å²) in [6, 6.07) is 5.96. The highest BCUT2D eigenvalue weighted by atomic mass is 16.5. The van der Waals surface area contributed by atoms with E-state index in [9.17, 15) is 0 Å². The minimum Gasteiger partial charge on any atom is -0.497 e. The Hall–Kier alpha value is -1.26. The fourth-order valence-corrected chi connectivity index (χ4v) is 3.60. The second-order valence-corrected chi connectivity index (χ2v) is 6.24. The van der Waals surface area contributed by atoms with Crippen molar-refractivity contribution in [3.8, 4) is 11.5 Å². The maximum absolute atomic E-state index is 6.41. The van der Waals surface area contributed by atoms with E-state index in [1.54, 1.807) is 7.11 Å². The lowest BCUT2D eigenvalue weighted by molar-refractivity contribution is -0.103. The number of hydrogen-bond acceptors (Lipinski definition) is 4. The minimum absolute atomic E-state index is 0.0278. The third-order valence-electron chi connectivity index (χ3n) is 4.66. The van der Waals surface area contributed by atoms with Crippen molar-refractivity contribution in [3.05, 3.63) is 23.8 Å². The van der Waals surface area contributed by atoms with Gasteiger partial charge in [0.15, 0.2) is 0 Å². The Morgan fingerprint density at radius 1 is 1.38 bits per heavy atom. The van der Waals surface area contributed by atoms with Crippen molar-refractivity contribution in [2.24, 2.45) is 5.73 Å². The molecule has 0 amide bonds. The molecule has 4 heteroatoms. The van der Waals surface area contributed by atoms with Gasteiger partial charge in [-0.1, -0.05) is 19.4 Å². The lowest BCUT2D eigenvalue weighted by atomic mass is 9.79. The summed E-state index contributed by atoms with van der Waals surface area (Å²) in [7, 11) is 1.67. The molecule has 3 unspecified atom stereocenters. The van der Waals surface area contributed by atoms with Crippen LogP contribution in [-0.2, 0) is 4.74 Å². The van der Waals surface area contributed by atoms with Crippen LogP contribution in [0.1, 0.15) is 50.6 Å². The van der Waals surface area contributed by atoms with Gasteiger partial charge < -0.3 is 19.9 Å². The number of methoxy groups -OCH3 is 1. The van der Waals surface area contributed by atoms with E-state index in [2.05, 4.69) is 6.92 Å². The molecule has 0 bridgehead atoms. The van der Waals surface area contributed by atoms with Crippen LogP contribution in [0.25, 0.3) is 0 Å². The Kier molecular flexibility index (Phi) is 4.09. The van der Waals surface area contributed by atoms with Gasteiger partial charge in [-0.3, -0.25) is 0 Å². The predicted molar refractivity (Wildman–Crippen MR) is 81.8 cm³/mol. The average molecular weight is 291 g/mol. The minimum atomic E-state index is -0.170. The standard InChI is InChI=1S/C17H25NO3/c1-3-4-13-10-17(7-8-20-13)11-15(18)14-6-5-12(19-2)9-16(14)21-17/h5-6,9,13,15H,3-4,7-8,10-11,18H2,1-2H3. The maximum atomic E-state index is 6.41. The zero-order valence-electron chi connectivity index (χ0n) is 12.9. The van der Waals surface area contributed by atoms with Crippen molar-refractivity contribution < 1.29 is 14.2 Å². The second-order valence-electron chi connectivity index (χ2n) is 6.24. The number of ether oxygens (including phenoxy) is 3. The molecule has 2 heterocycles. The van der Waals surface area contributed by atoms with Crippen LogP contribution in [0.2, 0.25) is 0 Å². The van der Waals surface area contributed by atoms with E-state index in [0.717, 1.165) is 55.8 Å². The third kappa shape index (κ3) is 2.87. The summed E-state index contributed by atoms with van der Waals surface area (Å²) in [5.74, 6) is 1.69. The monoisotopic (exact) mass is 291 g/mol. The van der Waals surface area contributed by atoms with E-state index in [0.29, 0.717) is 6.10 Å². The van der Waals surface area contributed by atoms with E-state index in [-0.39, 0.29) is 11.6 Å². The molecule has 0 radical (unpaired) electrons. The highest BCUT2D eigenvalue weighted by Crippen LogP contribution is 2.45. The maximum Gasteiger partial charge on any atom is 0.128 e. The normalized spacial score (nSPS) is 31.6. The summed E-state index contributed by atoms with van der Waals surface area (Å²) in [6.07, 6.45) is 5.24. The van der Waals surface area contributed by atoms with Gasteiger partial charge in [-0.25, -0.2) is 0 Å². The van der Waals surface area contributed by atoms with E-state index < -0.39 is 0 Å². The summed E-state index contributed by atoms with van der Waals surface area (Å²) < 4.78 is 17.6. The number of benzene rings is 1. The third-order valence-corrected chi connectivity index (χ3v) is 4.66. The van der Waals surface area contributed by atoms with Crippen LogP contribution in [0.4, 0.5) is 0 Å². The van der Waals surface area contributed by atoms with E-state index in [1.165, 1.54) is 0 Å². The first kappa shape index (κ1) is 14.7. The highest BCUT2D eigenvalue weighted by Gasteiger charge is 2.43. The molecular weight excluding hydrogens is 266 g/mol. The van der Waals surface area contributed by atoms with Crippen LogP contribution >= 0.6 is 0 Å². The lowest BCUT2D eigenvalue weighted by Gasteiger charge is -2.46. The van der Waals surface area contributed by atoms with Gasteiger partial charge >= 0.3 is 0 Å². The van der Waals surface area contributed by atoms with Gasteiger partial charge in [-0.15, -0.1) is 0 Å². The van der Waals surface area contributed by atoms with Crippen molar-refractivity contribution in [3.63, 3.8) is 0 Å². The Morgan fingerprint density at radius 2 is 2.24 bits per heavy atom. The van der Waals surface area contributed by atoms with Gasteiger partial charge in [-0.05, 0) is 12.5 Å². The Bertz CT molecular complexity index is 503. The first-order valence-corrected chi connectivity index (χ1v) is 7.90. The summed E-state index contributed by atoms with van der Waals surface area (Å²) in [4.78, 5) is 0. The molecule has 3 atom stereocenters. The molecular formula is C17H25NO3. The SMILES string of the molecule is CCCC1CC2(CCO1)CC(N)c1ccc(OC)cc1O2. The second kappa shape index (κ2) is 5.85. The van der Waals surface area contributed by atoms with Crippen LogP contribution in [0, 0.1) is 0 Å². The van der Waals surface area contributed by atoms with Crippen LogP contribution in [0.5, 0.6) is 11.5 Å². The smallest absolute Gasteiger partial charge is 0.128 e. The van der Waals surface area contributed by atoms with E-state index >= 15 is 0 Å².